The Kier molecular flexibility index (Phi) is 5.67. The minimum absolute atomic E-state index is 0.0326. The summed E-state index contributed by atoms with van der Waals surface area (Å²) in [6, 6.07) is -0.346. The molecule has 1 amide bonds. The quantitative estimate of drug-likeness (QED) is 0.813. The lowest BCUT2D eigenvalue weighted by Crippen LogP contribution is -2.56. The second-order valence-corrected chi connectivity index (χ2v) is 7.13. The SMILES string of the molecule is CC(C(=O)NC(C)(C)C)N1CCSCC1CC(=O)O. The fourth-order valence-electron chi connectivity index (χ4n) is 2.18. The van der Waals surface area contributed by atoms with Gasteiger partial charge in [0.15, 0.2) is 0 Å². The summed E-state index contributed by atoms with van der Waals surface area (Å²) in [6.07, 6.45) is 0.0974. The Balaban J connectivity index is 2.68. The minimum Gasteiger partial charge on any atom is -0.481 e. The van der Waals surface area contributed by atoms with Crippen LogP contribution in [0.25, 0.3) is 0 Å². The zero-order valence-corrected chi connectivity index (χ0v) is 12.9. The van der Waals surface area contributed by atoms with Gasteiger partial charge in [0, 0.05) is 29.6 Å². The number of carbonyl (C=O) groups excluding carboxylic acids is 1. The van der Waals surface area contributed by atoms with Gasteiger partial charge in [-0.3, -0.25) is 14.5 Å². The Labute approximate surface area is 119 Å². The third-order valence-corrected chi connectivity index (χ3v) is 4.15. The first-order chi connectivity index (χ1) is 8.70. The van der Waals surface area contributed by atoms with Crippen LogP contribution >= 0.6 is 11.8 Å². The van der Waals surface area contributed by atoms with Crippen molar-refractivity contribution in [2.45, 2.75) is 51.7 Å². The van der Waals surface area contributed by atoms with Gasteiger partial charge in [0.1, 0.15) is 0 Å². The molecular formula is C13H24N2O3S. The smallest absolute Gasteiger partial charge is 0.304 e. The van der Waals surface area contributed by atoms with E-state index in [0.29, 0.717) is 0 Å². The largest absolute Gasteiger partial charge is 0.481 e. The van der Waals surface area contributed by atoms with Crippen LogP contribution < -0.4 is 5.32 Å². The van der Waals surface area contributed by atoms with E-state index in [0.717, 1.165) is 18.1 Å². The molecule has 110 valence electrons. The van der Waals surface area contributed by atoms with Crippen molar-refractivity contribution >= 4 is 23.6 Å². The highest BCUT2D eigenvalue weighted by atomic mass is 32.2. The van der Waals surface area contributed by atoms with Gasteiger partial charge in [0.25, 0.3) is 0 Å². The van der Waals surface area contributed by atoms with E-state index in [9.17, 15) is 9.59 Å². The summed E-state index contributed by atoms with van der Waals surface area (Å²) in [6.45, 7) is 8.45. The molecule has 1 saturated heterocycles. The molecule has 5 nitrogen and oxygen atoms in total. The van der Waals surface area contributed by atoms with Crippen LogP contribution in [0.3, 0.4) is 0 Å². The Bertz CT molecular complexity index is 341. The van der Waals surface area contributed by atoms with Gasteiger partial charge in [-0.2, -0.15) is 11.8 Å². The third kappa shape index (κ3) is 5.40. The Hall–Kier alpha value is -0.750. The summed E-state index contributed by atoms with van der Waals surface area (Å²) in [7, 11) is 0. The number of rotatable bonds is 4. The molecule has 0 bridgehead atoms. The monoisotopic (exact) mass is 288 g/mol. The van der Waals surface area contributed by atoms with Gasteiger partial charge in [-0.25, -0.2) is 0 Å². The average Bonchev–Trinajstić information content (AvgIpc) is 2.25. The molecule has 1 rings (SSSR count). The van der Waals surface area contributed by atoms with Gasteiger partial charge in [0.2, 0.25) is 5.91 Å². The molecule has 0 radical (unpaired) electrons. The van der Waals surface area contributed by atoms with Crippen molar-refractivity contribution in [3.05, 3.63) is 0 Å². The molecule has 0 aromatic carbocycles. The molecule has 19 heavy (non-hydrogen) atoms. The first-order valence-electron chi connectivity index (χ1n) is 6.58. The number of thioether (sulfide) groups is 1. The summed E-state index contributed by atoms with van der Waals surface area (Å²) < 4.78 is 0. The van der Waals surface area contributed by atoms with E-state index >= 15 is 0 Å². The van der Waals surface area contributed by atoms with Crippen LogP contribution in [0.1, 0.15) is 34.1 Å². The average molecular weight is 288 g/mol. The normalized spacial score (nSPS) is 22.8. The van der Waals surface area contributed by atoms with Crippen LogP contribution in [0, 0.1) is 0 Å². The summed E-state index contributed by atoms with van der Waals surface area (Å²) in [5, 5.41) is 11.9. The molecule has 1 aliphatic rings. The first kappa shape index (κ1) is 16.3. The van der Waals surface area contributed by atoms with Crippen molar-refractivity contribution in [2.75, 3.05) is 18.1 Å². The Morgan fingerprint density at radius 3 is 2.63 bits per heavy atom. The molecule has 1 aliphatic heterocycles. The standard InChI is InChI=1S/C13H24N2O3S/c1-9(12(18)14-13(2,3)4)15-5-6-19-8-10(15)7-11(16)17/h9-10H,5-8H2,1-4H3,(H,14,18)(H,16,17). The van der Waals surface area contributed by atoms with E-state index in [1.807, 2.05) is 32.6 Å². The topological polar surface area (TPSA) is 69.6 Å². The summed E-state index contributed by atoms with van der Waals surface area (Å²) in [5.41, 5.74) is -0.266. The third-order valence-electron chi connectivity index (χ3n) is 3.06. The lowest BCUT2D eigenvalue weighted by molar-refractivity contribution is -0.139. The maximum absolute atomic E-state index is 12.2. The van der Waals surface area contributed by atoms with E-state index in [4.69, 9.17) is 5.11 Å². The number of nitrogens with zero attached hydrogens (tertiary/aromatic N) is 1. The molecular weight excluding hydrogens is 264 g/mol. The highest BCUT2D eigenvalue weighted by Crippen LogP contribution is 2.21. The molecule has 1 fully saturated rings. The number of carboxylic acid groups (broad SMARTS) is 1. The number of nitrogens with one attached hydrogen (secondary N) is 1. The molecule has 6 heteroatoms. The molecule has 2 N–H and O–H groups in total. The molecule has 1 heterocycles. The lowest BCUT2D eigenvalue weighted by atomic mass is 10.1. The number of carbonyl (C=O) groups is 2. The second-order valence-electron chi connectivity index (χ2n) is 5.98. The fraction of sp³-hybridized carbons (Fsp3) is 0.846. The van der Waals surface area contributed by atoms with Crippen molar-refractivity contribution in [3.63, 3.8) is 0 Å². The summed E-state index contributed by atoms with van der Waals surface area (Å²) in [4.78, 5) is 25.1. The number of carboxylic acids is 1. The first-order valence-corrected chi connectivity index (χ1v) is 7.73. The van der Waals surface area contributed by atoms with Crippen molar-refractivity contribution in [3.8, 4) is 0 Å². The Morgan fingerprint density at radius 2 is 2.11 bits per heavy atom. The van der Waals surface area contributed by atoms with Crippen LogP contribution in [0.2, 0.25) is 0 Å². The summed E-state index contributed by atoms with van der Waals surface area (Å²) >= 11 is 1.75. The van der Waals surface area contributed by atoms with Crippen LogP contribution in [0.4, 0.5) is 0 Å². The number of aliphatic carboxylic acids is 1. The number of hydrogen-bond acceptors (Lipinski definition) is 4. The van der Waals surface area contributed by atoms with Crippen molar-refractivity contribution in [1.29, 1.82) is 0 Å². The predicted molar refractivity (Wildman–Crippen MR) is 77.4 cm³/mol. The maximum atomic E-state index is 12.2. The van der Waals surface area contributed by atoms with Crippen LogP contribution in [0.15, 0.2) is 0 Å². The van der Waals surface area contributed by atoms with Crippen LogP contribution in [-0.2, 0) is 9.59 Å². The Morgan fingerprint density at radius 1 is 1.47 bits per heavy atom. The highest BCUT2D eigenvalue weighted by Gasteiger charge is 2.32. The van der Waals surface area contributed by atoms with Crippen molar-refractivity contribution in [2.24, 2.45) is 0 Å². The van der Waals surface area contributed by atoms with Crippen molar-refractivity contribution < 1.29 is 14.7 Å². The van der Waals surface area contributed by atoms with E-state index in [-0.39, 0.29) is 30.0 Å². The lowest BCUT2D eigenvalue weighted by Gasteiger charge is -2.39. The number of hydrogen-bond donors (Lipinski definition) is 2. The van der Waals surface area contributed by atoms with Gasteiger partial charge in [-0.15, -0.1) is 0 Å². The van der Waals surface area contributed by atoms with Gasteiger partial charge < -0.3 is 10.4 Å². The number of amides is 1. The van der Waals surface area contributed by atoms with Crippen LogP contribution in [-0.4, -0.2) is 57.6 Å². The van der Waals surface area contributed by atoms with Crippen molar-refractivity contribution in [1.82, 2.24) is 10.2 Å². The second kappa shape index (κ2) is 6.61. The molecule has 0 aromatic rings. The summed E-state index contributed by atoms with van der Waals surface area (Å²) in [5.74, 6) is 0.888. The molecule has 0 spiro atoms. The maximum Gasteiger partial charge on any atom is 0.304 e. The van der Waals surface area contributed by atoms with Crippen LogP contribution in [0.5, 0.6) is 0 Å². The predicted octanol–water partition coefficient (Wildman–Crippen LogP) is 1.18. The van der Waals surface area contributed by atoms with E-state index < -0.39 is 5.97 Å². The molecule has 2 atom stereocenters. The molecule has 2 unspecified atom stereocenters. The molecule has 0 saturated carbocycles. The van der Waals surface area contributed by atoms with E-state index in [2.05, 4.69) is 5.32 Å². The van der Waals surface area contributed by atoms with Gasteiger partial charge in [0.05, 0.1) is 12.5 Å². The van der Waals surface area contributed by atoms with Gasteiger partial charge in [-0.1, -0.05) is 0 Å². The molecule has 0 aliphatic carbocycles. The zero-order valence-electron chi connectivity index (χ0n) is 12.1. The zero-order chi connectivity index (χ0) is 14.6. The minimum atomic E-state index is -0.805. The highest BCUT2D eigenvalue weighted by molar-refractivity contribution is 7.99. The van der Waals surface area contributed by atoms with Gasteiger partial charge in [-0.05, 0) is 27.7 Å². The fourth-order valence-corrected chi connectivity index (χ4v) is 3.27. The van der Waals surface area contributed by atoms with E-state index in [1.165, 1.54) is 0 Å². The van der Waals surface area contributed by atoms with Gasteiger partial charge >= 0.3 is 5.97 Å². The molecule has 0 aromatic heterocycles. The van der Waals surface area contributed by atoms with E-state index in [1.54, 1.807) is 11.8 Å².